The number of hydrogen-bond acceptors (Lipinski definition) is 5. The van der Waals surface area contributed by atoms with Crippen LogP contribution in [-0.4, -0.2) is 36.4 Å². The van der Waals surface area contributed by atoms with Crippen molar-refractivity contribution in [3.05, 3.63) is 36.5 Å². The second kappa shape index (κ2) is 6.54. The number of anilines is 1. The highest BCUT2D eigenvalue weighted by molar-refractivity contribution is 7.98. The van der Waals surface area contributed by atoms with Gasteiger partial charge in [0.05, 0.1) is 5.69 Å². The molecule has 19 heavy (non-hydrogen) atoms. The van der Waals surface area contributed by atoms with Crippen molar-refractivity contribution in [2.75, 3.05) is 31.3 Å². The van der Waals surface area contributed by atoms with Crippen molar-refractivity contribution in [2.45, 2.75) is 4.90 Å². The Hall–Kier alpha value is -1.59. The lowest BCUT2D eigenvalue weighted by Crippen LogP contribution is -2.26. The zero-order valence-electron chi connectivity index (χ0n) is 11.2. The highest BCUT2D eigenvalue weighted by atomic mass is 32.2. The van der Waals surface area contributed by atoms with E-state index in [0.717, 1.165) is 17.8 Å². The van der Waals surface area contributed by atoms with E-state index in [9.17, 15) is 0 Å². The molecule has 0 unspecified atom stereocenters. The summed E-state index contributed by atoms with van der Waals surface area (Å²) >= 11 is 1.73. The molecule has 0 aliphatic carbocycles. The van der Waals surface area contributed by atoms with Gasteiger partial charge in [0.1, 0.15) is 0 Å². The maximum atomic E-state index is 5.55. The minimum atomic E-state index is 0.590. The minimum Gasteiger partial charge on any atom is -0.343 e. The van der Waals surface area contributed by atoms with Crippen LogP contribution in [-0.2, 0) is 0 Å². The summed E-state index contributed by atoms with van der Waals surface area (Å²) < 4.78 is 0. The van der Waals surface area contributed by atoms with E-state index >= 15 is 0 Å². The molecule has 0 bridgehead atoms. The van der Waals surface area contributed by atoms with Crippen LogP contribution in [0.3, 0.4) is 0 Å². The van der Waals surface area contributed by atoms with Crippen molar-refractivity contribution in [3.63, 3.8) is 0 Å². The molecule has 2 aromatic rings. The van der Waals surface area contributed by atoms with E-state index in [1.54, 1.807) is 18.0 Å². The number of nitrogens with zero attached hydrogens (tertiary/aromatic N) is 3. The Labute approximate surface area is 118 Å². The molecule has 0 spiro atoms. The average molecular weight is 274 g/mol. The van der Waals surface area contributed by atoms with Crippen molar-refractivity contribution in [1.29, 1.82) is 0 Å². The van der Waals surface area contributed by atoms with E-state index in [0.29, 0.717) is 12.5 Å². The van der Waals surface area contributed by atoms with Crippen molar-refractivity contribution < 1.29 is 0 Å². The zero-order valence-corrected chi connectivity index (χ0v) is 12.0. The van der Waals surface area contributed by atoms with Crippen LogP contribution >= 0.6 is 11.8 Å². The minimum absolute atomic E-state index is 0.590. The summed E-state index contributed by atoms with van der Waals surface area (Å²) in [4.78, 5) is 12.0. The average Bonchev–Trinajstić information content (AvgIpc) is 2.48. The van der Waals surface area contributed by atoms with E-state index in [2.05, 4.69) is 40.5 Å². The second-order valence-electron chi connectivity index (χ2n) is 4.18. The van der Waals surface area contributed by atoms with Gasteiger partial charge in [-0.25, -0.2) is 9.97 Å². The Morgan fingerprint density at radius 2 is 1.95 bits per heavy atom. The summed E-state index contributed by atoms with van der Waals surface area (Å²) in [7, 11) is 1.95. The van der Waals surface area contributed by atoms with Crippen molar-refractivity contribution in [2.24, 2.45) is 5.73 Å². The molecular weight excluding hydrogens is 256 g/mol. The summed E-state index contributed by atoms with van der Waals surface area (Å²) in [5, 5.41) is 0. The van der Waals surface area contributed by atoms with E-state index in [1.807, 2.05) is 18.0 Å². The molecule has 2 N–H and O–H groups in total. The quantitative estimate of drug-likeness (QED) is 0.848. The van der Waals surface area contributed by atoms with Crippen LogP contribution in [0.4, 0.5) is 5.95 Å². The Balaban J connectivity index is 2.26. The van der Waals surface area contributed by atoms with Gasteiger partial charge in [0, 0.05) is 36.8 Å². The number of rotatable bonds is 5. The van der Waals surface area contributed by atoms with Gasteiger partial charge in [0.15, 0.2) is 0 Å². The van der Waals surface area contributed by atoms with Gasteiger partial charge in [0.2, 0.25) is 5.95 Å². The van der Waals surface area contributed by atoms with Gasteiger partial charge in [-0.05, 0) is 24.5 Å². The molecule has 5 heteroatoms. The predicted octanol–water partition coefficient (Wildman–Crippen LogP) is 2.26. The lowest BCUT2D eigenvalue weighted by Gasteiger charge is -2.16. The van der Waals surface area contributed by atoms with E-state index in [-0.39, 0.29) is 0 Å². The van der Waals surface area contributed by atoms with Gasteiger partial charge in [0.25, 0.3) is 0 Å². The van der Waals surface area contributed by atoms with Gasteiger partial charge in [-0.1, -0.05) is 12.1 Å². The number of likely N-dealkylation sites (N-methyl/N-ethyl adjacent to an activating group) is 1. The standard InChI is InChI=1S/C14H18N4S/c1-18(10-8-15)14-16-9-7-13(17-14)11-3-5-12(19-2)6-4-11/h3-7,9H,8,10,15H2,1-2H3. The van der Waals surface area contributed by atoms with Gasteiger partial charge in [-0.15, -0.1) is 11.8 Å². The number of nitrogens with two attached hydrogens (primary N) is 1. The molecule has 0 amide bonds. The van der Waals surface area contributed by atoms with Gasteiger partial charge in [-0.2, -0.15) is 0 Å². The van der Waals surface area contributed by atoms with Crippen molar-refractivity contribution in [3.8, 4) is 11.3 Å². The predicted molar refractivity (Wildman–Crippen MR) is 81.6 cm³/mol. The largest absolute Gasteiger partial charge is 0.343 e. The third-order valence-corrected chi connectivity index (χ3v) is 3.58. The molecule has 0 aliphatic heterocycles. The molecule has 2 rings (SSSR count). The molecule has 0 saturated carbocycles. The van der Waals surface area contributed by atoms with Gasteiger partial charge in [-0.3, -0.25) is 0 Å². The molecule has 0 saturated heterocycles. The topological polar surface area (TPSA) is 55.0 Å². The molecule has 1 aromatic heterocycles. The number of hydrogen-bond donors (Lipinski definition) is 1. The molecule has 0 atom stereocenters. The van der Waals surface area contributed by atoms with Crippen LogP contribution in [0.5, 0.6) is 0 Å². The maximum absolute atomic E-state index is 5.55. The fraction of sp³-hybridized carbons (Fsp3) is 0.286. The van der Waals surface area contributed by atoms with Crippen LogP contribution < -0.4 is 10.6 Å². The molecule has 4 nitrogen and oxygen atoms in total. The lowest BCUT2D eigenvalue weighted by molar-refractivity contribution is 0.847. The van der Waals surface area contributed by atoms with Crippen LogP contribution in [0.15, 0.2) is 41.4 Å². The first-order valence-electron chi connectivity index (χ1n) is 6.13. The van der Waals surface area contributed by atoms with Gasteiger partial charge < -0.3 is 10.6 Å². The first-order valence-corrected chi connectivity index (χ1v) is 7.35. The highest BCUT2D eigenvalue weighted by Crippen LogP contribution is 2.22. The third-order valence-electron chi connectivity index (χ3n) is 2.83. The normalized spacial score (nSPS) is 10.5. The number of aromatic nitrogens is 2. The first-order chi connectivity index (χ1) is 9.24. The molecule has 0 aliphatic rings. The highest BCUT2D eigenvalue weighted by Gasteiger charge is 2.06. The molecule has 0 fully saturated rings. The summed E-state index contributed by atoms with van der Waals surface area (Å²) in [5.41, 5.74) is 7.58. The Kier molecular flexibility index (Phi) is 4.76. The number of thioether (sulfide) groups is 1. The van der Waals surface area contributed by atoms with Crippen LogP contribution in [0.2, 0.25) is 0 Å². The van der Waals surface area contributed by atoms with Crippen LogP contribution in [0, 0.1) is 0 Å². The SMILES string of the molecule is CSc1ccc(-c2ccnc(N(C)CCN)n2)cc1. The van der Waals surface area contributed by atoms with Crippen molar-refractivity contribution >= 4 is 17.7 Å². The molecule has 0 radical (unpaired) electrons. The Morgan fingerprint density at radius 1 is 1.21 bits per heavy atom. The van der Waals surface area contributed by atoms with Gasteiger partial charge >= 0.3 is 0 Å². The Bertz CT molecular complexity index is 527. The smallest absolute Gasteiger partial charge is 0.225 e. The zero-order chi connectivity index (χ0) is 13.7. The monoisotopic (exact) mass is 274 g/mol. The summed E-state index contributed by atoms with van der Waals surface area (Å²) in [6, 6.07) is 10.3. The number of benzene rings is 1. The third kappa shape index (κ3) is 3.45. The molecule has 1 aromatic carbocycles. The first kappa shape index (κ1) is 13.8. The van der Waals surface area contributed by atoms with E-state index in [1.165, 1.54) is 4.90 Å². The summed E-state index contributed by atoms with van der Waals surface area (Å²) in [5.74, 6) is 0.705. The summed E-state index contributed by atoms with van der Waals surface area (Å²) in [6.45, 7) is 1.33. The summed E-state index contributed by atoms with van der Waals surface area (Å²) in [6.07, 6.45) is 3.85. The maximum Gasteiger partial charge on any atom is 0.225 e. The lowest BCUT2D eigenvalue weighted by atomic mass is 10.1. The second-order valence-corrected chi connectivity index (χ2v) is 5.06. The van der Waals surface area contributed by atoms with Crippen molar-refractivity contribution in [1.82, 2.24) is 9.97 Å². The van der Waals surface area contributed by atoms with Crippen LogP contribution in [0.25, 0.3) is 11.3 Å². The molecule has 100 valence electrons. The fourth-order valence-electron chi connectivity index (χ4n) is 1.75. The molecular formula is C14H18N4S. The van der Waals surface area contributed by atoms with E-state index in [4.69, 9.17) is 5.73 Å². The fourth-order valence-corrected chi connectivity index (χ4v) is 2.16. The van der Waals surface area contributed by atoms with E-state index < -0.39 is 0 Å². The molecule has 1 heterocycles. The Morgan fingerprint density at radius 3 is 2.58 bits per heavy atom. The van der Waals surface area contributed by atoms with Crippen LogP contribution in [0.1, 0.15) is 0 Å².